The first kappa shape index (κ1) is 11.5. The van der Waals surface area contributed by atoms with Crippen LogP contribution in [0.4, 0.5) is 0 Å². The third-order valence-corrected chi connectivity index (χ3v) is 5.27. The highest BCUT2D eigenvalue weighted by Gasteiger charge is 2.51. The molecule has 1 N–H and O–H groups in total. The van der Waals surface area contributed by atoms with Crippen LogP contribution in [0.5, 0.6) is 0 Å². The van der Waals surface area contributed by atoms with Crippen molar-refractivity contribution in [2.24, 2.45) is 17.8 Å². The maximum absolute atomic E-state index is 12.3. The molecule has 1 amide bonds. The number of aromatic nitrogens is 1. The lowest BCUT2D eigenvalue weighted by Gasteiger charge is -2.56. The second-order valence-electron chi connectivity index (χ2n) is 6.98. The van der Waals surface area contributed by atoms with E-state index in [1.165, 1.54) is 38.5 Å². The summed E-state index contributed by atoms with van der Waals surface area (Å²) in [5.74, 6) is 2.78. The molecule has 4 aliphatic carbocycles. The summed E-state index contributed by atoms with van der Waals surface area (Å²) in [4.78, 5) is 12.3. The molecule has 5 rings (SSSR count). The number of carbonyl (C=O) groups is 1. The molecule has 0 radical (unpaired) electrons. The summed E-state index contributed by atoms with van der Waals surface area (Å²) < 4.78 is 5.08. The zero-order valence-corrected chi connectivity index (χ0v) is 11.3. The smallest absolute Gasteiger partial charge is 0.290 e. The molecule has 0 unspecified atom stereocenters. The van der Waals surface area contributed by atoms with E-state index in [-0.39, 0.29) is 11.4 Å². The molecule has 0 aromatic carbocycles. The van der Waals surface area contributed by atoms with Crippen LogP contribution in [0.2, 0.25) is 0 Å². The SMILES string of the molecule is Cc1cc(C(=O)NC23CC4CC(CC(C4)C2)C3)on1. The average Bonchev–Trinajstić information content (AvgIpc) is 2.73. The molecular weight excluding hydrogens is 240 g/mol. The fourth-order valence-corrected chi connectivity index (χ4v) is 5.04. The monoisotopic (exact) mass is 260 g/mol. The van der Waals surface area contributed by atoms with E-state index in [1.807, 2.05) is 6.92 Å². The highest BCUT2D eigenvalue weighted by Crippen LogP contribution is 2.55. The molecule has 4 fully saturated rings. The van der Waals surface area contributed by atoms with Gasteiger partial charge in [-0.05, 0) is 63.2 Å². The van der Waals surface area contributed by atoms with Gasteiger partial charge < -0.3 is 9.84 Å². The number of hydrogen-bond acceptors (Lipinski definition) is 3. The second kappa shape index (κ2) is 3.84. The van der Waals surface area contributed by atoms with Crippen LogP contribution in [0.3, 0.4) is 0 Å². The van der Waals surface area contributed by atoms with Crippen molar-refractivity contribution in [3.05, 3.63) is 17.5 Å². The Morgan fingerprint density at radius 3 is 2.32 bits per heavy atom. The third-order valence-electron chi connectivity index (χ3n) is 5.27. The minimum Gasteiger partial charge on any atom is -0.351 e. The first-order chi connectivity index (χ1) is 9.12. The standard InChI is InChI=1S/C15H20N2O2/c1-9-2-13(19-17-9)14(18)16-15-6-10-3-11(7-15)5-12(4-10)8-15/h2,10-12H,3-8H2,1H3,(H,16,18). The molecule has 4 heteroatoms. The Balaban J connectivity index is 1.54. The van der Waals surface area contributed by atoms with E-state index in [9.17, 15) is 4.79 Å². The molecule has 19 heavy (non-hydrogen) atoms. The van der Waals surface area contributed by atoms with Crippen LogP contribution in [0.15, 0.2) is 10.6 Å². The maximum Gasteiger partial charge on any atom is 0.290 e. The van der Waals surface area contributed by atoms with E-state index in [1.54, 1.807) is 6.07 Å². The van der Waals surface area contributed by atoms with Gasteiger partial charge in [0, 0.05) is 11.6 Å². The van der Waals surface area contributed by atoms with Gasteiger partial charge in [0.05, 0.1) is 5.69 Å². The van der Waals surface area contributed by atoms with Crippen molar-refractivity contribution in [1.29, 1.82) is 0 Å². The lowest BCUT2D eigenvalue weighted by Crippen LogP contribution is -2.59. The maximum atomic E-state index is 12.3. The molecule has 0 atom stereocenters. The van der Waals surface area contributed by atoms with Crippen LogP contribution >= 0.6 is 0 Å². The van der Waals surface area contributed by atoms with E-state index < -0.39 is 0 Å². The molecule has 4 bridgehead atoms. The normalized spacial score (nSPS) is 39.5. The fourth-order valence-electron chi connectivity index (χ4n) is 5.04. The number of nitrogens with zero attached hydrogens (tertiary/aromatic N) is 1. The molecule has 0 saturated heterocycles. The second-order valence-corrected chi connectivity index (χ2v) is 6.98. The molecule has 1 aromatic heterocycles. The zero-order chi connectivity index (χ0) is 13.0. The highest BCUT2D eigenvalue weighted by atomic mass is 16.5. The minimum atomic E-state index is -0.0810. The Labute approximate surface area is 112 Å². The Hall–Kier alpha value is -1.32. The lowest BCUT2D eigenvalue weighted by atomic mass is 9.53. The summed E-state index contributed by atoms with van der Waals surface area (Å²) in [5, 5.41) is 7.08. The van der Waals surface area contributed by atoms with E-state index in [0.717, 1.165) is 23.4 Å². The minimum absolute atomic E-state index is 0.0481. The van der Waals surface area contributed by atoms with Gasteiger partial charge in [0.2, 0.25) is 5.76 Å². The first-order valence-corrected chi connectivity index (χ1v) is 7.38. The summed E-state index contributed by atoms with van der Waals surface area (Å²) >= 11 is 0. The number of nitrogens with one attached hydrogen (secondary N) is 1. The van der Waals surface area contributed by atoms with Crippen LogP contribution in [0.25, 0.3) is 0 Å². The van der Waals surface area contributed by atoms with Gasteiger partial charge in [-0.3, -0.25) is 4.79 Å². The van der Waals surface area contributed by atoms with Crippen molar-refractivity contribution in [1.82, 2.24) is 10.5 Å². The predicted octanol–water partition coefficient (Wildman–Crippen LogP) is 2.68. The van der Waals surface area contributed by atoms with Gasteiger partial charge in [-0.15, -0.1) is 0 Å². The average molecular weight is 260 g/mol. The largest absolute Gasteiger partial charge is 0.351 e. The molecule has 1 heterocycles. The van der Waals surface area contributed by atoms with Gasteiger partial charge in [-0.2, -0.15) is 0 Å². The van der Waals surface area contributed by atoms with Gasteiger partial charge in [-0.1, -0.05) is 5.16 Å². The number of rotatable bonds is 2. The number of aryl methyl sites for hydroxylation is 1. The summed E-state index contributed by atoms with van der Waals surface area (Å²) in [6.07, 6.45) is 7.65. The van der Waals surface area contributed by atoms with Crippen molar-refractivity contribution in [2.75, 3.05) is 0 Å². The van der Waals surface area contributed by atoms with E-state index >= 15 is 0 Å². The van der Waals surface area contributed by atoms with Gasteiger partial charge in [0.15, 0.2) is 0 Å². The topological polar surface area (TPSA) is 55.1 Å². The van der Waals surface area contributed by atoms with Crippen LogP contribution in [-0.4, -0.2) is 16.6 Å². The molecule has 4 aliphatic rings. The fraction of sp³-hybridized carbons (Fsp3) is 0.733. The first-order valence-electron chi connectivity index (χ1n) is 7.38. The van der Waals surface area contributed by atoms with Gasteiger partial charge in [0.1, 0.15) is 0 Å². The summed E-state index contributed by atoms with van der Waals surface area (Å²) in [5.41, 5.74) is 0.808. The Morgan fingerprint density at radius 1 is 1.26 bits per heavy atom. The Morgan fingerprint density at radius 2 is 1.84 bits per heavy atom. The summed E-state index contributed by atoms with van der Waals surface area (Å²) in [7, 11) is 0. The zero-order valence-electron chi connectivity index (χ0n) is 11.3. The highest BCUT2D eigenvalue weighted by molar-refractivity contribution is 5.92. The molecular formula is C15H20N2O2. The summed E-state index contributed by atoms with van der Waals surface area (Å²) in [6.45, 7) is 1.84. The van der Waals surface area contributed by atoms with Crippen LogP contribution in [0, 0.1) is 24.7 Å². The van der Waals surface area contributed by atoms with Gasteiger partial charge in [-0.25, -0.2) is 0 Å². The number of hydrogen-bond donors (Lipinski definition) is 1. The van der Waals surface area contributed by atoms with Crippen LogP contribution in [0.1, 0.15) is 54.8 Å². The predicted molar refractivity (Wildman–Crippen MR) is 69.6 cm³/mol. The quantitative estimate of drug-likeness (QED) is 0.889. The van der Waals surface area contributed by atoms with E-state index in [0.29, 0.717) is 5.76 Å². The molecule has 4 saturated carbocycles. The van der Waals surface area contributed by atoms with Crippen LogP contribution < -0.4 is 5.32 Å². The van der Waals surface area contributed by atoms with E-state index in [4.69, 9.17) is 4.52 Å². The van der Waals surface area contributed by atoms with Crippen molar-refractivity contribution in [2.45, 2.75) is 51.0 Å². The van der Waals surface area contributed by atoms with Gasteiger partial charge >= 0.3 is 0 Å². The molecule has 4 nitrogen and oxygen atoms in total. The van der Waals surface area contributed by atoms with E-state index in [2.05, 4.69) is 10.5 Å². The number of carbonyl (C=O) groups excluding carboxylic acids is 1. The Kier molecular flexibility index (Phi) is 2.32. The molecule has 0 spiro atoms. The lowest BCUT2D eigenvalue weighted by molar-refractivity contribution is -0.0172. The van der Waals surface area contributed by atoms with Crippen molar-refractivity contribution in [3.8, 4) is 0 Å². The third kappa shape index (κ3) is 1.88. The summed E-state index contributed by atoms with van der Waals surface area (Å²) in [6, 6.07) is 1.72. The van der Waals surface area contributed by atoms with Crippen molar-refractivity contribution in [3.63, 3.8) is 0 Å². The van der Waals surface area contributed by atoms with Gasteiger partial charge in [0.25, 0.3) is 5.91 Å². The van der Waals surface area contributed by atoms with Crippen molar-refractivity contribution >= 4 is 5.91 Å². The molecule has 102 valence electrons. The molecule has 1 aromatic rings. The Bertz CT molecular complexity index is 485. The van der Waals surface area contributed by atoms with Crippen LogP contribution in [-0.2, 0) is 0 Å². The van der Waals surface area contributed by atoms with Crippen molar-refractivity contribution < 1.29 is 9.32 Å². The molecule has 0 aliphatic heterocycles. The number of amides is 1.